The first-order valence-electron chi connectivity index (χ1n) is 6.13. The van der Waals surface area contributed by atoms with Crippen LogP contribution in [-0.4, -0.2) is 19.2 Å². The number of nitrogens with one attached hydrogen (secondary N) is 1. The van der Waals surface area contributed by atoms with Gasteiger partial charge in [0.2, 0.25) is 0 Å². The Morgan fingerprint density at radius 2 is 1.88 bits per heavy atom. The summed E-state index contributed by atoms with van der Waals surface area (Å²) in [5, 5.41) is 3.40. The molecule has 0 saturated carbocycles. The summed E-state index contributed by atoms with van der Waals surface area (Å²) >= 11 is 0. The summed E-state index contributed by atoms with van der Waals surface area (Å²) < 4.78 is 5.91. The summed E-state index contributed by atoms with van der Waals surface area (Å²) in [5.74, 6) is 0.596. The fraction of sp³-hybridized carbons (Fsp3) is 0.571. The molecule has 1 aliphatic heterocycles. The zero-order valence-corrected chi connectivity index (χ0v) is 10.4. The molecule has 0 spiro atoms. The van der Waals surface area contributed by atoms with Gasteiger partial charge in [-0.25, -0.2) is 0 Å². The number of rotatable bonds is 2. The van der Waals surface area contributed by atoms with Crippen LogP contribution in [0, 0.1) is 0 Å². The topological polar surface area (TPSA) is 21.3 Å². The lowest BCUT2D eigenvalue weighted by Crippen LogP contribution is -2.38. The lowest BCUT2D eigenvalue weighted by atomic mass is 9.99. The smallest absolute Gasteiger partial charge is 0.0953 e. The maximum Gasteiger partial charge on any atom is 0.0953 e. The lowest BCUT2D eigenvalue weighted by Gasteiger charge is -2.29. The molecule has 16 heavy (non-hydrogen) atoms. The van der Waals surface area contributed by atoms with Crippen LogP contribution in [0.4, 0.5) is 0 Å². The molecule has 1 N–H and O–H groups in total. The molecule has 0 bridgehead atoms. The summed E-state index contributed by atoms with van der Waals surface area (Å²) in [7, 11) is 0. The van der Waals surface area contributed by atoms with Crippen LogP contribution >= 0.6 is 0 Å². The number of benzene rings is 1. The summed E-state index contributed by atoms with van der Waals surface area (Å²) in [6.07, 6.45) is 0.522. The van der Waals surface area contributed by atoms with E-state index in [0.717, 1.165) is 13.1 Å². The lowest BCUT2D eigenvalue weighted by molar-refractivity contribution is -0.0287. The second-order valence-electron chi connectivity index (χ2n) is 4.91. The Kier molecular flexibility index (Phi) is 3.62. The van der Waals surface area contributed by atoms with Crippen LogP contribution in [0.15, 0.2) is 24.3 Å². The molecular formula is C14H21NO. The van der Waals surface area contributed by atoms with Crippen molar-refractivity contribution in [3.63, 3.8) is 0 Å². The summed E-state index contributed by atoms with van der Waals surface area (Å²) in [6, 6.07) is 8.81. The van der Waals surface area contributed by atoms with Gasteiger partial charge in [-0.05, 0) is 24.0 Å². The fourth-order valence-electron chi connectivity index (χ4n) is 2.09. The van der Waals surface area contributed by atoms with E-state index in [2.05, 4.69) is 50.4 Å². The first-order chi connectivity index (χ1) is 7.66. The van der Waals surface area contributed by atoms with Crippen LogP contribution < -0.4 is 5.32 Å². The molecule has 1 aliphatic rings. The highest BCUT2D eigenvalue weighted by Crippen LogP contribution is 2.23. The van der Waals surface area contributed by atoms with E-state index in [9.17, 15) is 0 Å². The number of hydrogen-bond donors (Lipinski definition) is 1. The molecule has 2 nitrogen and oxygen atoms in total. The quantitative estimate of drug-likeness (QED) is 0.826. The van der Waals surface area contributed by atoms with Crippen molar-refractivity contribution in [2.75, 3.05) is 13.1 Å². The van der Waals surface area contributed by atoms with E-state index in [4.69, 9.17) is 4.74 Å². The highest BCUT2D eigenvalue weighted by atomic mass is 16.5. The first-order valence-corrected chi connectivity index (χ1v) is 6.13. The van der Waals surface area contributed by atoms with Crippen LogP contribution in [0.3, 0.4) is 0 Å². The summed E-state index contributed by atoms with van der Waals surface area (Å²) in [5.41, 5.74) is 2.67. The van der Waals surface area contributed by atoms with E-state index < -0.39 is 0 Å². The molecule has 2 unspecified atom stereocenters. The number of morpholine rings is 1. The van der Waals surface area contributed by atoms with Crippen molar-refractivity contribution in [3.05, 3.63) is 35.4 Å². The first kappa shape index (κ1) is 11.6. The third-order valence-electron chi connectivity index (χ3n) is 3.13. The predicted octanol–water partition coefficient (Wildman–Crippen LogP) is 2.86. The van der Waals surface area contributed by atoms with Crippen molar-refractivity contribution >= 4 is 0 Å². The Bertz CT molecular complexity index is 331. The second-order valence-corrected chi connectivity index (χ2v) is 4.91. The van der Waals surface area contributed by atoms with Gasteiger partial charge in [-0.2, -0.15) is 0 Å². The monoisotopic (exact) mass is 219 g/mol. The molecule has 0 amide bonds. The molecule has 1 fully saturated rings. The summed E-state index contributed by atoms with van der Waals surface area (Å²) in [4.78, 5) is 0. The van der Waals surface area contributed by atoms with Crippen molar-refractivity contribution in [1.29, 1.82) is 0 Å². The van der Waals surface area contributed by atoms with Crippen molar-refractivity contribution in [2.24, 2.45) is 0 Å². The van der Waals surface area contributed by atoms with Gasteiger partial charge in [-0.15, -0.1) is 0 Å². The molecule has 2 atom stereocenters. The largest absolute Gasteiger partial charge is 0.368 e. The van der Waals surface area contributed by atoms with Gasteiger partial charge in [0.25, 0.3) is 0 Å². The SMILES string of the molecule is CC1CNCC(c2ccc(C(C)C)cc2)O1. The molecule has 88 valence electrons. The Morgan fingerprint density at radius 1 is 1.19 bits per heavy atom. The van der Waals surface area contributed by atoms with Gasteiger partial charge in [0.15, 0.2) is 0 Å². The van der Waals surface area contributed by atoms with Gasteiger partial charge in [-0.1, -0.05) is 38.1 Å². The fourth-order valence-corrected chi connectivity index (χ4v) is 2.09. The minimum absolute atomic E-state index is 0.213. The standard InChI is InChI=1S/C14H21NO/c1-10(2)12-4-6-13(7-5-12)14-9-15-8-11(3)16-14/h4-7,10-11,14-15H,8-9H2,1-3H3. The molecule has 1 aromatic carbocycles. The average molecular weight is 219 g/mol. The molecule has 2 rings (SSSR count). The Labute approximate surface area is 98.0 Å². The van der Waals surface area contributed by atoms with E-state index in [1.54, 1.807) is 0 Å². The molecular weight excluding hydrogens is 198 g/mol. The van der Waals surface area contributed by atoms with Gasteiger partial charge in [0.05, 0.1) is 12.2 Å². The maximum atomic E-state index is 5.91. The van der Waals surface area contributed by atoms with Crippen LogP contribution in [-0.2, 0) is 4.74 Å². The zero-order chi connectivity index (χ0) is 11.5. The van der Waals surface area contributed by atoms with Crippen LogP contribution in [0.5, 0.6) is 0 Å². The number of hydrogen-bond acceptors (Lipinski definition) is 2. The van der Waals surface area contributed by atoms with E-state index in [-0.39, 0.29) is 6.10 Å². The third-order valence-corrected chi connectivity index (χ3v) is 3.13. The Morgan fingerprint density at radius 3 is 2.44 bits per heavy atom. The van der Waals surface area contributed by atoms with Crippen molar-refractivity contribution in [1.82, 2.24) is 5.32 Å². The Balaban J connectivity index is 2.09. The minimum Gasteiger partial charge on any atom is -0.368 e. The molecule has 1 heterocycles. The van der Waals surface area contributed by atoms with E-state index in [1.807, 2.05) is 0 Å². The molecule has 0 aromatic heterocycles. The molecule has 0 radical (unpaired) electrons. The normalized spacial score (nSPS) is 26.0. The van der Waals surface area contributed by atoms with E-state index in [0.29, 0.717) is 12.0 Å². The zero-order valence-electron chi connectivity index (χ0n) is 10.4. The van der Waals surface area contributed by atoms with Gasteiger partial charge in [0, 0.05) is 13.1 Å². The van der Waals surface area contributed by atoms with Crippen LogP contribution in [0.1, 0.15) is 43.9 Å². The van der Waals surface area contributed by atoms with Gasteiger partial charge >= 0.3 is 0 Å². The highest BCUT2D eigenvalue weighted by Gasteiger charge is 2.20. The van der Waals surface area contributed by atoms with Crippen molar-refractivity contribution in [3.8, 4) is 0 Å². The minimum atomic E-state index is 0.213. The molecule has 1 saturated heterocycles. The van der Waals surface area contributed by atoms with Gasteiger partial charge in [0.1, 0.15) is 0 Å². The van der Waals surface area contributed by atoms with Gasteiger partial charge < -0.3 is 10.1 Å². The van der Waals surface area contributed by atoms with Crippen LogP contribution in [0.25, 0.3) is 0 Å². The summed E-state index contributed by atoms with van der Waals surface area (Å²) in [6.45, 7) is 8.43. The van der Waals surface area contributed by atoms with E-state index >= 15 is 0 Å². The average Bonchev–Trinajstić information content (AvgIpc) is 2.29. The number of ether oxygens (including phenoxy) is 1. The predicted molar refractivity (Wildman–Crippen MR) is 66.7 cm³/mol. The highest BCUT2D eigenvalue weighted by molar-refractivity contribution is 5.26. The molecule has 0 aliphatic carbocycles. The Hall–Kier alpha value is -0.860. The third kappa shape index (κ3) is 2.63. The van der Waals surface area contributed by atoms with Crippen molar-refractivity contribution in [2.45, 2.75) is 38.9 Å². The molecule has 1 aromatic rings. The maximum absolute atomic E-state index is 5.91. The van der Waals surface area contributed by atoms with Gasteiger partial charge in [-0.3, -0.25) is 0 Å². The van der Waals surface area contributed by atoms with Crippen molar-refractivity contribution < 1.29 is 4.74 Å². The van der Waals surface area contributed by atoms with Crippen LogP contribution in [0.2, 0.25) is 0 Å². The second kappa shape index (κ2) is 4.98. The molecule has 2 heteroatoms. The van der Waals surface area contributed by atoms with E-state index in [1.165, 1.54) is 11.1 Å².